The molecule has 0 atom stereocenters. The second-order valence-corrected chi connectivity index (χ2v) is 9.67. The van der Waals surface area contributed by atoms with Crippen LogP contribution in [0.3, 0.4) is 0 Å². The first kappa shape index (κ1) is 21.7. The van der Waals surface area contributed by atoms with E-state index in [1.807, 2.05) is 26.0 Å². The largest absolute Gasteiger partial charge is 0.494 e. The van der Waals surface area contributed by atoms with Gasteiger partial charge in [0.2, 0.25) is 10.0 Å². The molecule has 0 spiro atoms. The van der Waals surface area contributed by atoms with Crippen LogP contribution in [0.25, 0.3) is 11.0 Å². The number of halogens is 1. The minimum absolute atomic E-state index is 0.190. The van der Waals surface area contributed by atoms with E-state index in [9.17, 15) is 13.2 Å². The molecule has 1 amide bonds. The summed E-state index contributed by atoms with van der Waals surface area (Å²) in [6, 6.07) is 11.5. The molecule has 7 nitrogen and oxygen atoms in total. The number of sulfonamides is 1. The predicted octanol–water partition coefficient (Wildman–Crippen LogP) is 3.94. The Kier molecular flexibility index (Phi) is 5.96. The summed E-state index contributed by atoms with van der Waals surface area (Å²) in [4.78, 5) is 14.9. The van der Waals surface area contributed by atoms with Crippen LogP contribution in [-0.2, 0) is 10.0 Å². The highest BCUT2D eigenvalue weighted by Crippen LogP contribution is 2.30. The van der Waals surface area contributed by atoms with Crippen molar-refractivity contribution in [1.29, 1.82) is 0 Å². The summed E-state index contributed by atoms with van der Waals surface area (Å²) in [6.45, 7) is 5.30. The van der Waals surface area contributed by atoms with E-state index in [2.05, 4.69) is 0 Å². The van der Waals surface area contributed by atoms with Gasteiger partial charge in [-0.25, -0.2) is 8.42 Å². The van der Waals surface area contributed by atoms with E-state index in [-0.39, 0.29) is 42.7 Å². The van der Waals surface area contributed by atoms with Gasteiger partial charge < -0.3 is 14.1 Å². The number of rotatable bonds is 5. The Morgan fingerprint density at radius 2 is 1.77 bits per heavy atom. The van der Waals surface area contributed by atoms with Gasteiger partial charge >= 0.3 is 0 Å². The van der Waals surface area contributed by atoms with Crippen LogP contribution in [0.2, 0.25) is 5.02 Å². The van der Waals surface area contributed by atoms with Crippen LogP contribution < -0.4 is 4.74 Å². The zero-order valence-corrected chi connectivity index (χ0v) is 18.9. The molecule has 1 aliphatic heterocycles. The molecule has 0 bridgehead atoms. The van der Waals surface area contributed by atoms with E-state index in [4.69, 9.17) is 20.8 Å². The Morgan fingerprint density at radius 1 is 1.10 bits per heavy atom. The lowest BCUT2D eigenvalue weighted by atomic mass is 10.1. The molecule has 2 heterocycles. The fourth-order valence-corrected chi connectivity index (χ4v) is 5.24. The molecule has 3 aromatic rings. The maximum Gasteiger partial charge on any atom is 0.289 e. The Balaban J connectivity index is 1.49. The number of carbonyl (C=O) groups excluding carboxylic acids is 1. The minimum atomic E-state index is -3.63. The van der Waals surface area contributed by atoms with Gasteiger partial charge in [-0.3, -0.25) is 4.79 Å². The van der Waals surface area contributed by atoms with Crippen molar-refractivity contribution >= 4 is 38.5 Å². The van der Waals surface area contributed by atoms with Crippen LogP contribution in [-0.4, -0.2) is 56.3 Å². The average Bonchev–Trinajstić information content (AvgIpc) is 3.10. The lowest BCUT2D eigenvalue weighted by Crippen LogP contribution is -2.50. The Labute approximate surface area is 186 Å². The van der Waals surface area contributed by atoms with Gasteiger partial charge in [-0.2, -0.15) is 4.31 Å². The van der Waals surface area contributed by atoms with Gasteiger partial charge in [-0.1, -0.05) is 11.6 Å². The summed E-state index contributed by atoms with van der Waals surface area (Å²) in [7, 11) is -3.63. The van der Waals surface area contributed by atoms with Crippen molar-refractivity contribution in [3.05, 3.63) is 58.8 Å². The second-order valence-electron chi connectivity index (χ2n) is 7.30. The zero-order chi connectivity index (χ0) is 22.2. The molecule has 164 valence electrons. The van der Waals surface area contributed by atoms with Gasteiger partial charge in [-0.15, -0.1) is 0 Å². The number of carbonyl (C=O) groups is 1. The maximum absolute atomic E-state index is 13.1. The third-order valence-corrected chi connectivity index (χ3v) is 7.56. The molecule has 4 rings (SSSR count). The fraction of sp³-hybridized carbons (Fsp3) is 0.318. The second kappa shape index (κ2) is 8.53. The van der Waals surface area contributed by atoms with Crippen molar-refractivity contribution in [3.8, 4) is 5.75 Å². The summed E-state index contributed by atoms with van der Waals surface area (Å²) < 4.78 is 38.5. The molecule has 0 radical (unpaired) electrons. The lowest BCUT2D eigenvalue weighted by Gasteiger charge is -2.33. The van der Waals surface area contributed by atoms with Crippen LogP contribution in [0.15, 0.2) is 51.8 Å². The van der Waals surface area contributed by atoms with E-state index in [0.29, 0.717) is 17.2 Å². The Bertz CT molecular complexity index is 1210. The molecule has 1 fully saturated rings. The smallest absolute Gasteiger partial charge is 0.289 e. The predicted molar refractivity (Wildman–Crippen MR) is 118 cm³/mol. The summed E-state index contributed by atoms with van der Waals surface area (Å²) in [5, 5.41) is 1.31. The third-order valence-electron chi connectivity index (χ3n) is 5.39. The molecule has 31 heavy (non-hydrogen) atoms. The van der Waals surface area contributed by atoms with Crippen LogP contribution in [0, 0.1) is 6.92 Å². The van der Waals surface area contributed by atoms with Crippen molar-refractivity contribution < 1.29 is 22.4 Å². The number of piperazine rings is 1. The molecule has 0 N–H and O–H groups in total. The van der Waals surface area contributed by atoms with Crippen LogP contribution >= 0.6 is 11.6 Å². The molecule has 2 aromatic carbocycles. The van der Waals surface area contributed by atoms with E-state index in [1.165, 1.54) is 16.4 Å². The molecule has 0 saturated carbocycles. The highest BCUT2D eigenvalue weighted by atomic mass is 35.5. The van der Waals surface area contributed by atoms with Crippen molar-refractivity contribution in [2.75, 3.05) is 32.8 Å². The minimum Gasteiger partial charge on any atom is -0.494 e. The number of fused-ring (bicyclic) bond motifs is 1. The van der Waals surface area contributed by atoms with E-state index in [0.717, 1.165) is 16.7 Å². The summed E-state index contributed by atoms with van der Waals surface area (Å²) in [5.74, 6) is 0.756. The number of furan rings is 1. The molecular weight excluding hydrogens is 440 g/mol. The SMILES string of the molecule is CCOc1ccc2oc(C(=O)N3CCN(S(=O)(=O)c4ccc(Cl)cc4)CC3)c(C)c2c1. The lowest BCUT2D eigenvalue weighted by molar-refractivity contribution is 0.0667. The van der Waals surface area contributed by atoms with Crippen LogP contribution in [0.5, 0.6) is 5.75 Å². The average molecular weight is 463 g/mol. The molecule has 1 saturated heterocycles. The first-order valence-electron chi connectivity index (χ1n) is 10.0. The molecule has 1 aliphatic rings. The van der Waals surface area contributed by atoms with Crippen LogP contribution in [0.1, 0.15) is 23.0 Å². The van der Waals surface area contributed by atoms with Gasteiger partial charge in [-0.05, 0) is 56.3 Å². The first-order valence-corrected chi connectivity index (χ1v) is 11.8. The monoisotopic (exact) mass is 462 g/mol. The number of amides is 1. The highest BCUT2D eigenvalue weighted by molar-refractivity contribution is 7.89. The van der Waals surface area contributed by atoms with Crippen molar-refractivity contribution in [3.63, 3.8) is 0 Å². The quantitative estimate of drug-likeness (QED) is 0.573. The van der Waals surface area contributed by atoms with Crippen molar-refractivity contribution in [1.82, 2.24) is 9.21 Å². The van der Waals surface area contributed by atoms with Crippen LogP contribution in [0.4, 0.5) is 0 Å². The van der Waals surface area contributed by atoms with Crippen molar-refractivity contribution in [2.45, 2.75) is 18.7 Å². The standard InChI is InChI=1S/C22H23ClN2O5S/c1-3-29-17-6-9-20-19(14-17)15(2)21(30-20)22(26)24-10-12-25(13-11-24)31(27,28)18-7-4-16(23)5-8-18/h4-9,14H,3,10-13H2,1-2H3. The van der Waals surface area contributed by atoms with E-state index in [1.54, 1.807) is 23.1 Å². The van der Waals surface area contributed by atoms with Crippen molar-refractivity contribution in [2.24, 2.45) is 0 Å². The van der Waals surface area contributed by atoms with Gasteiger partial charge in [0.15, 0.2) is 5.76 Å². The maximum atomic E-state index is 13.1. The van der Waals surface area contributed by atoms with Gasteiger partial charge in [0.25, 0.3) is 5.91 Å². The highest BCUT2D eigenvalue weighted by Gasteiger charge is 2.32. The summed E-state index contributed by atoms with van der Waals surface area (Å²) >= 11 is 5.86. The molecule has 0 unspecified atom stereocenters. The number of benzene rings is 2. The molecule has 1 aromatic heterocycles. The van der Waals surface area contributed by atoms with Gasteiger partial charge in [0.05, 0.1) is 11.5 Å². The molecule has 9 heteroatoms. The number of ether oxygens (including phenoxy) is 1. The van der Waals surface area contributed by atoms with Gasteiger partial charge in [0.1, 0.15) is 11.3 Å². The molecular formula is C22H23ClN2O5S. The van der Waals surface area contributed by atoms with Gasteiger partial charge in [0, 0.05) is 42.2 Å². The fourth-order valence-electron chi connectivity index (χ4n) is 3.69. The normalized spacial score (nSPS) is 15.4. The molecule has 0 aliphatic carbocycles. The number of hydrogen-bond donors (Lipinski definition) is 0. The number of hydrogen-bond acceptors (Lipinski definition) is 5. The first-order chi connectivity index (χ1) is 14.8. The van der Waals surface area contributed by atoms with E-state index >= 15 is 0 Å². The Hall–Kier alpha value is -2.55. The number of nitrogens with zero attached hydrogens (tertiary/aromatic N) is 2. The third kappa shape index (κ3) is 4.15. The summed E-state index contributed by atoms with van der Waals surface area (Å²) in [5.41, 5.74) is 1.37. The zero-order valence-electron chi connectivity index (χ0n) is 17.3. The number of aryl methyl sites for hydroxylation is 1. The Morgan fingerprint density at radius 3 is 2.42 bits per heavy atom. The summed E-state index contributed by atoms with van der Waals surface area (Å²) in [6.07, 6.45) is 0. The van der Waals surface area contributed by atoms with E-state index < -0.39 is 10.0 Å². The topological polar surface area (TPSA) is 80.1 Å².